The highest BCUT2D eigenvalue weighted by molar-refractivity contribution is 6.31. The first-order valence-corrected chi connectivity index (χ1v) is 6.53. The third-order valence-corrected chi connectivity index (χ3v) is 3.76. The molecule has 1 fully saturated rings. The first kappa shape index (κ1) is 11.6. The zero-order chi connectivity index (χ0) is 12.7. The van der Waals surface area contributed by atoms with Crippen molar-refractivity contribution in [1.82, 2.24) is 9.47 Å². The van der Waals surface area contributed by atoms with Crippen LogP contribution < -0.4 is 0 Å². The molecule has 1 aromatic heterocycles. The van der Waals surface area contributed by atoms with Gasteiger partial charge in [0.15, 0.2) is 0 Å². The molecule has 4 heteroatoms. The Morgan fingerprint density at radius 3 is 2.94 bits per heavy atom. The molecule has 1 amide bonds. The Hall–Kier alpha value is -1.48. The summed E-state index contributed by atoms with van der Waals surface area (Å²) >= 11 is 6.00. The molecule has 0 radical (unpaired) electrons. The van der Waals surface area contributed by atoms with Crippen molar-refractivity contribution in [1.29, 1.82) is 0 Å². The lowest BCUT2D eigenvalue weighted by molar-refractivity contribution is -0.130. The number of hydrogen-bond acceptors (Lipinski definition) is 1. The highest BCUT2D eigenvalue weighted by Crippen LogP contribution is 2.26. The van der Waals surface area contributed by atoms with Gasteiger partial charge in [0.25, 0.3) is 0 Å². The van der Waals surface area contributed by atoms with Crippen molar-refractivity contribution < 1.29 is 4.79 Å². The Morgan fingerprint density at radius 1 is 1.44 bits per heavy atom. The SMILES string of the molecule is CN(C(=O)Cn1ccc2ccc(Cl)cc21)C1CC1. The van der Waals surface area contributed by atoms with Gasteiger partial charge in [0.2, 0.25) is 5.91 Å². The van der Waals surface area contributed by atoms with Crippen LogP contribution in [0, 0.1) is 0 Å². The maximum Gasteiger partial charge on any atom is 0.242 e. The molecule has 3 nitrogen and oxygen atoms in total. The maximum absolute atomic E-state index is 12.1. The van der Waals surface area contributed by atoms with Crippen LogP contribution in [0.15, 0.2) is 30.5 Å². The standard InChI is InChI=1S/C14H15ClN2O/c1-16(12-4-5-12)14(18)9-17-7-6-10-2-3-11(15)8-13(10)17/h2-3,6-8,12H,4-5,9H2,1H3. The number of rotatable bonds is 3. The van der Waals surface area contributed by atoms with E-state index in [1.807, 2.05) is 47.0 Å². The van der Waals surface area contributed by atoms with E-state index in [-0.39, 0.29) is 5.91 Å². The van der Waals surface area contributed by atoms with Crippen LogP contribution in [0.25, 0.3) is 10.9 Å². The lowest BCUT2D eigenvalue weighted by Crippen LogP contribution is -2.31. The van der Waals surface area contributed by atoms with Crippen molar-refractivity contribution >= 4 is 28.4 Å². The van der Waals surface area contributed by atoms with Crippen molar-refractivity contribution in [3.8, 4) is 0 Å². The van der Waals surface area contributed by atoms with Gasteiger partial charge >= 0.3 is 0 Å². The second kappa shape index (κ2) is 4.32. The lowest BCUT2D eigenvalue weighted by atomic mass is 10.2. The van der Waals surface area contributed by atoms with Crippen LogP contribution in [0.5, 0.6) is 0 Å². The van der Waals surface area contributed by atoms with Crippen molar-refractivity contribution in [3.63, 3.8) is 0 Å². The fourth-order valence-electron chi connectivity index (χ4n) is 2.22. The molecule has 94 valence electrons. The second-order valence-electron chi connectivity index (χ2n) is 4.88. The smallest absolute Gasteiger partial charge is 0.242 e. The predicted octanol–water partition coefficient (Wildman–Crippen LogP) is 2.92. The van der Waals surface area contributed by atoms with Crippen LogP contribution in [-0.4, -0.2) is 28.5 Å². The molecule has 2 aromatic rings. The second-order valence-corrected chi connectivity index (χ2v) is 5.32. The van der Waals surface area contributed by atoms with Gasteiger partial charge in [0, 0.05) is 29.8 Å². The molecule has 1 heterocycles. The summed E-state index contributed by atoms with van der Waals surface area (Å²) in [7, 11) is 1.89. The van der Waals surface area contributed by atoms with E-state index < -0.39 is 0 Å². The summed E-state index contributed by atoms with van der Waals surface area (Å²) in [5.74, 6) is 0.162. The molecule has 3 rings (SSSR count). The van der Waals surface area contributed by atoms with Gasteiger partial charge < -0.3 is 9.47 Å². The van der Waals surface area contributed by atoms with Gasteiger partial charge in [0.05, 0.1) is 0 Å². The van der Waals surface area contributed by atoms with Gasteiger partial charge in [-0.3, -0.25) is 4.79 Å². The summed E-state index contributed by atoms with van der Waals surface area (Å²) in [6, 6.07) is 8.22. The molecule has 1 aliphatic carbocycles. The van der Waals surface area contributed by atoms with E-state index in [9.17, 15) is 4.79 Å². The van der Waals surface area contributed by atoms with Gasteiger partial charge in [0.1, 0.15) is 6.54 Å². The van der Waals surface area contributed by atoms with Gasteiger partial charge in [-0.25, -0.2) is 0 Å². The van der Waals surface area contributed by atoms with Crippen molar-refractivity contribution in [2.75, 3.05) is 7.05 Å². The normalized spacial score (nSPS) is 15.0. The molecule has 1 aliphatic rings. The van der Waals surface area contributed by atoms with E-state index in [4.69, 9.17) is 11.6 Å². The van der Waals surface area contributed by atoms with Gasteiger partial charge in [-0.05, 0) is 36.4 Å². The number of nitrogens with zero attached hydrogens (tertiary/aromatic N) is 2. The molecule has 0 N–H and O–H groups in total. The molecular formula is C14H15ClN2O. The number of halogens is 1. The molecule has 0 spiro atoms. The summed E-state index contributed by atoms with van der Waals surface area (Å²) in [4.78, 5) is 14.0. The number of benzene rings is 1. The minimum atomic E-state index is 0.162. The third-order valence-electron chi connectivity index (χ3n) is 3.53. The van der Waals surface area contributed by atoms with Crippen molar-refractivity contribution in [2.45, 2.75) is 25.4 Å². The fourth-order valence-corrected chi connectivity index (χ4v) is 2.38. The van der Waals surface area contributed by atoms with E-state index in [1.165, 1.54) is 0 Å². The first-order chi connectivity index (χ1) is 8.65. The van der Waals surface area contributed by atoms with Crippen LogP contribution in [0.1, 0.15) is 12.8 Å². The van der Waals surface area contributed by atoms with Crippen LogP contribution in [-0.2, 0) is 11.3 Å². The Bertz CT molecular complexity index is 601. The topological polar surface area (TPSA) is 25.2 Å². The van der Waals surface area contributed by atoms with Crippen molar-refractivity contribution in [3.05, 3.63) is 35.5 Å². The molecular weight excluding hydrogens is 248 g/mol. The Kier molecular flexibility index (Phi) is 2.78. The molecule has 0 saturated heterocycles. The highest BCUT2D eigenvalue weighted by Gasteiger charge is 2.29. The largest absolute Gasteiger partial charge is 0.341 e. The molecule has 0 bridgehead atoms. The average molecular weight is 263 g/mol. The number of fused-ring (bicyclic) bond motifs is 1. The zero-order valence-corrected chi connectivity index (χ0v) is 11.0. The van der Waals surface area contributed by atoms with Crippen LogP contribution in [0.2, 0.25) is 5.02 Å². The van der Waals surface area contributed by atoms with E-state index in [0.29, 0.717) is 17.6 Å². The maximum atomic E-state index is 12.1. The first-order valence-electron chi connectivity index (χ1n) is 6.15. The van der Waals surface area contributed by atoms with E-state index in [2.05, 4.69) is 0 Å². The van der Waals surface area contributed by atoms with E-state index >= 15 is 0 Å². The number of aromatic nitrogens is 1. The summed E-state index contributed by atoms with van der Waals surface area (Å²) in [5, 5.41) is 1.81. The number of carbonyl (C=O) groups is 1. The molecule has 1 saturated carbocycles. The number of likely N-dealkylation sites (N-methyl/N-ethyl adjacent to an activating group) is 1. The molecule has 0 atom stereocenters. The molecule has 1 aromatic carbocycles. The van der Waals surface area contributed by atoms with E-state index in [1.54, 1.807) is 0 Å². The number of carbonyl (C=O) groups excluding carboxylic acids is 1. The zero-order valence-electron chi connectivity index (χ0n) is 10.3. The summed E-state index contributed by atoms with van der Waals surface area (Å²) in [6.45, 7) is 0.386. The van der Waals surface area contributed by atoms with Gasteiger partial charge in [-0.1, -0.05) is 17.7 Å². The predicted molar refractivity (Wildman–Crippen MR) is 72.7 cm³/mol. The minimum Gasteiger partial charge on any atom is -0.341 e. The molecule has 0 unspecified atom stereocenters. The summed E-state index contributed by atoms with van der Waals surface area (Å²) in [5.41, 5.74) is 1.01. The quantitative estimate of drug-likeness (QED) is 0.835. The van der Waals surface area contributed by atoms with E-state index in [0.717, 1.165) is 23.7 Å². The Labute approximate surface area is 111 Å². The van der Waals surface area contributed by atoms with Gasteiger partial charge in [-0.2, -0.15) is 0 Å². The summed E-state index contributed by atoms with van der Waals surface area (Å²) < 4.78 is 1.96. The summed E-state index contributed by atoms with van der Waals surface area (Å²) in [6.07, 6.45) is 4.22. The fraction of sp³-hybridized carbons (Fsp3) is 0.357. The average Bonchev–Trinajstić information content (AvgIpc) is 3.13. The lowest BCUT2D eigenvalue weighted by Gasteiger charge is -2.17. The monoisotopic (exact) mass is 262 g/mol. The highest BCUT2D eigenvalue weighted by atomic mass is 35.5. The minimum absolute atomic E-state index is 0.162. The Balaban J connectivity index is 1.85. The van der Waals surface area contributed by atoms with Crippen LogP contribution >= 0.6 is 11.6 Å². The van der Waals surface area contributed by atoms with Crippen molar-refractivity contribution in [2.24, 2.45) is 0 Å². The number of hydrogen-bond donors (Lipinski definition) is 0. The van der Waals surface area contributed by atoms with Crippen LogP contribution in [0.4, 0.5) is 0 Å². The van der Waals surface area contributed by atoms with Crippen LogP contribution in [0.3, 0.4) is 0 Å². The third kappa shape index (κ3) is 2.10. The number of amides is 1. The Morgan fingerprint density at radius 2 is 2.22 bits per heavy atom. The molecule has 18 heavy (non-hydrogen) atoms. The van der Waals surface area contributed by atoms with Gasteiger partial charge in [-0.15, -0.1) is 0 Å². The molecule has 0 aliphatic heterocycles.